The van der Waals surface area contributed by atoms with E-state index >= 15 is 0 Å². The molecule has 0 saturated heterocycles. The zero-order chi connectivity index (χ0) is 9.80. The molecule has 70 valence electrons. The van der Waals surface area contributed by atoms with Crippen molar-refractivity contribution in [1.82, 2.24) is 9.55 Å². The average molecular weight is 184 g/mol. The molecule has 0 N–H and O–H groups in total. The molecule has 0 spiro atoms. The van der Waals surface area contributed by atoms with Gasteiger partial charge in [0.1, 0.15) is 0 Å². The Balaban J connectivity index is 2.40. The van der Waals surface area contributed by atoms with Crippen molar-refractivity contribution >= 4 is 6.08 Å². The molecule has 0 fully saturated rings. The van der Waals surface area contributed by atoms with Crippen LogP contribution in [-0.2, 0) is 0 Å². The third-order valence-corrected chi connectivity index (χ3v) is 2.03. The van der Waals surface area contributed by atoms with Gasteiger partial charge in [-0.3, -0.25) is 0 Å². The van der Waals surface area contributed by atoms with Crippen molar-refractivity contribution in [1.29, 1.82) is 0 Å². The van der Waals surface area contributed by atoms with Gasteiger partial charge in [-0.25, -0.2) is 4.98 Å². The Morgan fingerprint density at radius 2 is 2.29 bits per heavy atom. The van der Waals surface area contributed by atoms with Crippen LogP contribution >= 0.6 is 0 Å². The molecule has 0 unspecified atom stereocenters. The minimum Gasteiger partial charge on any atom is -0.306 e. The first-order chi connectivity index (χ1) is 6.90. The molecule has 0 aliphatic carbocycles. The van der Waals surface area contributed by atoms with Crippen LogP contribution in [0.2, 0.25) is 0 Å². The van der Waals surface area contributed by atoms with Crippen molar-refractivity contribution in [2.45, 2.75) is 6.92 Å². The van der Waals surface area contributed by atoms with Gasteiger partial charge in [-0.15, -0.1) is 0 Å². The van der Waals surface area contributed by atoms with Crippen molar-refractivity contribution in [3.63, 3.8) is 0 Å². The van der Waals surface area contributed by atoms with Crippen molar-refractivity contribution in [2.75, 3.05) is 0 Å². The van der Waals surface area contributed by atoms with Crippen LogP contribution in [0.1, 0.15) is 12.5 Å². The molecule has 0 saturated carbocycles. The van der Waals surface area contributed by atoms with E-state index in [1.54, 1.807) is 12.5 Å². The first-order valence-corrected chi connectivity index (χ1v) is 4.61. The predicted octanol–water partition coefficient (Wildman–Crippen LogP) is 2.91. The molecule has 1 aromatic carbocycles. The van der Waals surface area contributed by atoms with Crippen LogP contribution in [0.25, 0.3) is 11.8 Å². The minimum atomic E-state index is 1.14. The summed E-state index contributed by atoms with van der Waals surface area (Å²) in [5.74, 6) is 0. The molecule has 0 aliphatic heterocycles. The maximum atomic E-state index is 4.02. The summed E-state index contributed by atoms with van der Waals surface area (Å²) in [5.41, 5.74) is 2.34. The SMILES string of the molecule is C/C=C/c1cccc(-n2ccnc2)c1. The number of hydrogen-bond acceptors (Lipinski definition) is 1. The summed E-state index contributed by atoms with van der Waals surface area (Å²) < 4.78 is 1.99. The molecule has 2 rings (SSSR count). The second kappa shape index (κ2) is 3.92. The number of nitrogens with zero attached hydrogens (tertiary/aromatic N) is 2. The number of hydrogen-bond donors (Lipinski definition) is 0. The standard InChI is InChI=1S/C12H12N2/c1-2-4-11-5-3-6-12(9-11)14-8-7-13-10-14/h2-10H,1H3/b4-2+. The van der Waals surface area contributed by atoms with Crippen LogP contribution in [0.3, 0.4) is 0 Å². The fourth-order valence-corrected chi connectivity index (χ4v) is 1.39. The number of aromatic nitrogens is 2. The molecular formula is C12H12N2. The van der Waals surface area contributed by atoms with E-state index < -0.39 is 0 Å². The van der Waals surface area contributed by atoms with Crippen molar-refractivity contribution in [3.05, 3.63) is 54.6 Å². The lowest BCUT2D eigenvalue weighted by Gasteiger charge is -2.02. The van der Waals surface area contributed by atoms with E-state index in [2.05, 4.69) is 29.3 Å². The van der Waals surface area contributed by atoms with Gasteiger partial charge in [0, 0.05) is 18.1 Å². The van der Waals surface area contributed by atoms with Gasteiger partial charge in [0.2, 0.25) is 0 Å². The van der Waals surface area contributed by atoms with E-state index in [0.717, 1.165) is 5.69 Å². The largest absolute Gasteiger partial charge is 0.306 e. The molecule has 2 aromatic rings. The van der Waals surface area contributed by atoms with Crippen LogP contribution in [0.5, 0.6) is 0 Å². The zero-order valence-corrected chi connectivity index (χ0v) is 8.09. The quantitative estimate of drug-likeness (QED) is 0.701. The summed E-state index contributed by atoms with van der Waals surface area (Å²) in [6.07, 6.45) is 9.64. The van der Waals surface area contributed by atoms with Gasteiger partial charge in [-0.05, 0) is 24.6 Å². The first kappa shape index (κ1) is 8.75. The van der Waals surface area contributed by atoms with Gasteiger partial charge < -0.3 is 4.57 Å². The van der Waals surface area contributed by atoms with Crippen molar-refractivity contribution < 1.29 is 0 Å². The predicted molar refractivity (Wildman–Crippen MR) is 58.3 cm³/mol. The Hall–Kier alpha value is -1.83. The summed E-state index contributed by atoms with van der Waals surface area (Å²) in [5, 5.41) is 0. The Morgan fingerprint density at radius 1 is 1.36 bits per heavy atom. The lowest BCUT2D eigenvalue weighted by Crippen LogP contribution is -1.89. The van der Waals surface area contributed by atoms with Crippen molar-refractivity contribution in [2.24, 2.45) is 0 Å². The Labute approximate surface area is 83.5 Å². The highest BCUT2D eigenvalue weighted by molar-refractivity contribution is 5.53. The second-order valence-electron chi connectivity index (χ2n) is 3.06. The lowest BCUT2D eigenvalue weighted by atomic mass is 10.2. The normalized spacial score (nSPS) is 10.9. The van der Waals surface area contributed by atoms with Gasteiger partial charge in [0.05, 0.1) is 6.33 Å². The van der Waals surface area contributed by atoms with E-state index in [9.17, 15) is 0 Å². The smallest absolute Gasteiger partial charge is 0.0991 e. The summed E-state index contributed by atoms with van der Waals surface area (Å²) in [4.78, 5) is 4.02. The lowest BCUT2D eigenvalue weighted by molar-refractivity contribution is 1.06. The minimum absolute atomic E-state index is 1.14. The van der Waals surface area contributed by atoms with Gasteiger partial charge in [0.15, 0.2) is 0 Å². The molecule has 2 nitrogen and oxygen atoms in total. The summed E-state index contributed by atoms with van der Waals surface area (Å²) in [6.45, 7) is 2.02. The van der Waals surface area contributed by atoms with Crippen LogP contribution in [0.15, 0.2) is 49.1 Å². The van der Waals surface area contributed by atoms with E-state index in [-0.39, 0.29) is 0 Å². The maximum Gasteiger partial charge on any atom is 0.0991 e. The molecule has 0 amide bonds. The molecule has 14 heavy (non-hydrogen) atoms. The van der Waals surface area contributed by atoms with Gasteiger partial charge in [-0.1, -0.05) is 24.3 Å². The summed E-state index contributed by atoms with van der Waals surface area (Å²) in [7, 11) is 0. The van der Waals surface area contributed by atoms with E-state index in [1.807, 2.05) is 29.8 Å². The highest BCUT2D eigenvalue weighted by atomic mass is 15.0. The van der Waals surface area contributed by atoms with E-state index in [1.165, 1.54) is 5.56 Å². The van der Waals surface area contributed by atoms with E-state index in [4.69, 9.17) is 0 Å². The Morgan fingerprint density at radius 3 is 3.00 bits per heavy atom. The highest BCUT2D eigenvalue weighted by Crippen LogP contribution is 2.11. The third kappa shape index (κ3) is 1.74. The van der Waals surface area contributed by atoms with Crippen LogP contribution < -0.4 is 0 Å². The Kier molecular flexibility index (Phi) is 2.45. The molecule has 0 atom stereocenters. The van der Waals surface area contributed by atoms with Crippen LogP contribution in [0, 0.1) is 0 Å². The fourth-order valence-electron chi connectivity index (χ4n) is 1.39. The number of benzene rings is 1. The molecule has 1 heterocycles. The number of rotatable bonds is 2. The maximum absolute atomic E-state index is 4.02. The van der Waals surface area contributed by atoms with Crippen molar-refractivity contribution in [3.8, 4) is 5.69 Å². The highest BCUT2D eigenvalue weighted by Gasteiger charge is 1.94. The Bertz CT molecular complexity index is 427. The fraction of sp³-hybridized carbons (Fsp3) is 0.0833. The average Bonchev–Trinajstić information content (AvgIpc) is 2.71. The summed E-state index contributed by atoms with van der Waals surface area (Å²) >= 11 is 0. The van der Waals surface area contributed by atoms with Crippen LogP contribution in [-0.4, -0.2) is 9.55 Å². The van der Waals surface area contributed by atoms with Gasteiger partial charge in [0.25, 0.3) is 0 Å². The number of allylic oxidation sites excluding steroid dienone is 1. The molecule has 0 aliphatic rings. The second-order valence-corrected chi connectivity index (χ2v) is 3.06. The molecule has 1 aromatic heterocycles. The zero-order valence-electron chi connectivity index (χ0n) is 8.09. The molecule has 0 bridgehead atoms. The number of imidazole rings is 1. The molecular weight excluding hydrogens is 172 g/mol. The molecule has 0 radical (unpaired) electrons. The monoisotopic (exact) mass is 184 g/mol. The van der Waals surface area contributed by atoms with Gasteiger partial charge in [-0.2, -0.15) is 0 Å². The third-order valence-electron chi connectivity index (χ3n) is 2.03. The summed E-state index contributed by atoms with van der Waals surface area (Å²) in [6, 6.07) is 8.32. The topological polar surface area (TPSA) is 17.8 Å². The first-order valence-electron chi connectivity index (χ1n) is 4.61. The van der Waals surface area contributed by atoms with Gasteiger partial charge >= 0.3 is 0 Å². The van der Waals surface area contributed by atoms with Crippen LogP contribution in [0.4, 0.5) is 0 Å². The van der Waals surface area contributed by atoms with E-state index in [0.29, 0.717) is 0 Å². The molecule has 2 heteroatoms.